The van der Waals surface area contributed by atoms with Crippen molar-refractivity contribution in [1.82, 2.24) is 14.3 Å². The zero-order valence-corrected chi connectivity index (χ0v) is 14.0. The molecule has 0 aromatic heterocycles. The highest BCUT2D eigenvalue weighted by atomic mass is 32.2. The van der Waals surface area contributed by atoms with Crippen LogP contribution in [-0.2, 0) is 14.9 Å². The van der Waals surface area contributed by atoms with Crippen LogP contribution in [0.5, 0.6) is 0 Å². The lowest BCUT2D eigenvalue weighted by molar-refractivity contribution is 0.116. The molecule has 7 heteroatoms. The summed E-state index contributed by atoms with van der Waals surface area (Å²) < 4.78 is 34.6. The predicted molar refractivity (Wildman–Crippen MR) is 83.3 cm³/mol. The molecule has 2 rings (SSSR count). The highest BCUT2D eigenvalue weighted by molar-refractivity contribution is 7.87. The van der Waals surface area contributed by atoms with Gasteiger partial charge in [0.25, 0.3) is 10.2 Å². The van der Waals surface area contributed by atoms with Crippen molar-refractivity contribution in [3.63, 3.8) is 0 Å². The van der Waals surface area contributed by atoms with E-state index in [-0.39, 0.29) is 12.1 Å². The Morgan fingerprint density at radius 3 is 2.52 bits per heavy atom. The van der Waals surface area contributed by atoms with Gasteiger partial charge in [-0.25, -0.2) is 0 Å². The largest absolute Gasteiger partial charge is 0.377 e. The summed E-state index contributed by atoms with van der Waals surface area (Å²) in [5.41, 5.74) is 0. The first kappa shape index (κ1) is 17.1. The predicted octanol–water partition coefficient (Wildman–Crippen LogP) is 0.710. The first-order valence-electron chi connectivity index (χ1n) is 8.12. The smallest absolute Gasteiger partial charge is 0.279 e. The number of ether oxygens (including phenoxy) is 1. The minimum atomic E-state index is -3.37. The second-order valence-corrected chi connectivity index (χ2v) is 7.84. The summed E-state index contributed by atoms with van der Waals surface area (Å²) in [6, 6.07) is -0.0843. The second-order valence-electron chi connectivity index (χ2n) is 6.14. The molecule has 124 valence electrons. The summed E-state index contributed by atoms with van der Waals surface area (Å²) in [6.07, 6.45) is 3.75. The van der Waals surface area contributed by atoms with Crippen LogP contribution in [0.3, 0.4) is 0 Å². The fourth-order valence-corrected chi connectivity index (χ4v) is 4.52. The first-order chi connectivity index (χ1) is 10.0. The minimum absolute atomic E-state index is 0.0319. The third-order valence-corrected chi connectivity index (χ3v) is 6.10. The van der Waals surface area contributed by atoms with Gasteiger partial charge in [-0.05, 0) is 51.6 Å². The standard InChI is InChI=1S/C14H29N3O3S/c1-3-7-15-11-13-4-8-17(9-5-13)21(18,19)16-14-6-10-20-12(14)2/h12-16H,3-11H2,1-2H3. The summed E-state index contributed by atoms with van der Waals surface area (Å²) >= 11 is 0. The molecule has 0 bridgehead atoms. The average Bonchev–Trinajstić information content (AvgIpc) is 2.84. The van der Waals surface area contributed by atoms with Gasteiger partial charge >= 0.3 is 0 Å². The van der Waals surface area contributed by atoms with E-state index in [1.54, 1.807) is 4.31 Å². The zero-order valence-electron chi connectivity index (χ0n) is 13.2. The van der Waals surface area contributed by atoms with Gasteiger partial charge in [0.1, 0.15) is 0 Å². The van der Waals surface area contributed by atoms with Crippen molar-refractivity contribution in [3.8, 4) is 0 Å². The highest BCUT2D eigenvalue weighted by Crippen LogP contribution is 2.20. The molecule has 2 aliphatic rings. The molecule has 2 atom stereocenters. The number of hydrogen-bond acceptors (Lipinski definition) is 4. The lowest BCUT2D eigenvalue weighted by atomic mass is 9.98. The molecule has 0 aliphatic carbocycles. The Labute approximate surface area is 128 Å². The van der Waals surface area contributed by atoms with E-state index in [4.69, 9.17) is 4.74 Å². The number of nitrogens with zero attached hydrogens (tertiary/aromatic N) is 1. The molecule has 0 radical (unpaired) electrons. The van der Waals surface area contributed by atoms with Crippen LogP contribution >= 0.6 is 0 Å². The van der Waals surface area contributed by atoms with E-state index < -0.39 is 10.2 Å². The number of hydrogen-bond donors (Lipinski definition) is 2. The molecular weight excluding hydrogens is 290 g/mol. The maximum Gasteiger partial charge on any atom is 0.279 e. The van der Waals surface area contributed by atoms with E-state index in [0.29, 0.717) is 25.6 Å². The molecule has 2 fully saturated rings. The van der Waals surface area contributed by atoms with Crippen molar-refractivity contribution in [1.29, 1.82) is 0 Å². The molecule has 0 spiro atoms. The molecule has 2 unspecified atom stereocenters. The molecule has 0 aromatic carbocycles. The summed E-state index contributed by atoms with van der Waals surface area (Å²) in [7, 11) is -3.37. The summed E-state index contributed by atoms with van der Waals surface area (Å²) in [5, 5.41) is 3.42. The van der Waals surface area contributed by atoms with E-state index in [0.717, 1.165) is 38.8 Å². The van der Waals surface area contributed by atoms with E-state index in [1.807, 2.05) is 6.92 Å². The molecular formula is C14H29N3O3S. The van der Waals surface area contributed by atoms with Crippen LogP contribution in [0, 0.1) is 5.92 Å². The van der Waals surface area contributed by atoms with Gasteiger partial charge < -0.3 is 10.1 Å². The number of nitrogens with one attached hydrogen (secondary N) is 2. The third-order valence-electron chi connectivity index (χ3n) is 4.45. The highest BCUT2D eigenvalue weighted by Gasteiger charge is 2.33. The fraction of sp³-hybridized carbons (Fsp3) is 1.00. The third kappa shape index (κ3) is 4.89. The van der Waals surface area contributed by atoms with Crippen LogP contribution < -0.4 is 10.0 Å². The van der Waals surface area contributed by atoms with Crippen LogP contribution in [0.1, 0.15) is 39.5 Å². The summed E-state index contributed by atoms with van der Waals surface area (Å²) in [4.78, 5) is 0. The van der Waals surface area contributed by atoms with E-state index in [1.165, 1.54) is 0 Å². The quantitative estimate of drug-likeness (QED) is 0.678. The monoisotopic (exact) mass is 319 g/mol. The van der Waals surface area contributed by atoms with Crippen molar-refractivity contribution in [2.24, 2.45) is 5.92 Å². The molecule has 21 heavy (non-hydrogen) atoms. The lowest BCUT2D eigenvalue weighted by Crippen LogP contribution is -2.50. The minimum Gasteiger partial charge on any atom is -0.377 e. The maximum absolute atomic E-state index is 12.4. The van der Waals surface area contributed by atoms with Gasteiger partial charge in [-0.3, -0.25) is 0 Å². The molecule has 2 heterocycles. The van der Waals surface area contributed by atoms with Gasteiger partial charge in [-0.2, -0.15) is 17.4 Å². The Bertz CT molecular complexity index is 408. The van der Waals surface area contributed by atoms with Crippen molar-refractivity contribution in [2.75, 3.05) is 32.8 Å². The Balaban J connectivity index is 1.77. The Morgan fingerprint density at radius 2 is 1.95 bits per heavy atom. The van der Waals surface area contributed by atoms with E-state index in [9.17, 15) is 8.42 Å². The lowest BCUT2D eigenvalue weighted by Gasteiger charge is -2.32. The van der Waals surface area contributed by atoms with E-state index >= 15 is 0 Å². The molecule has 0 amide bonds. The SMILES string of the molecule is CCCNCC1CCN(S(=O)(=O)NC2CCOC2C)CC1. The van der Waals surface area contributed by atoms with Crippen LogP contribution in [0.4, 0.5) is 0 Å². The molecule has 6 nitrogen and oxygen atoms in total. The second kappa shape index (κ2) is 7.87. The van der Waals surface area contributed by atoms with Crippen molar-refractivity contribution >= 4 is 10.2 Å². The Kier molecular flexibility index (Phi) is 6.43. The maximum atomic E-state index is 12.4. The van der Waals surface area contributed by atoms with Crippen LogP contribution in [0.15, 0.2) is 0 Å². The summed E-state index contributed by atoms with van der Waals surface area (Å²) in [5.74, 6) is 0.594. The fourth-order valence-electron chi connectivity index (χ4n) is 2.99. The molecule has 2 aliphatic heterocycles. The molecule has 2 saturated heterocycles. The Morgan fingerprint density at radius 1 is 1.24 bits per heavy atom. The van der Waals surface area contributed by atoms with Gasteiger partial charge in [0.05, 0.1) is 12.1 Å². The molecule has 0 aromatic rings. The van der Waals surface area contributed by atoms with Crippen molar-refractivity contribution < 1.29 is 13.2 Å². The van der Waals surface area contributed by atoms with Crippen molar-refractivity contribution in [2.45, 2.75) is 51.7 Å². The van der Waals surface area contributed by atoms with E-state index in [2.05, 4.69) is 17.0 Å². The van der Waals surface area contributed by atoms with Crippen molar-refractivity contribution in [3.05, 3.63) is 0 Å². The summed E-state index contributed by atoms with van der Waals surface area (Å²) in [6.45, 7) is 8.00. The van der Waals surface area contributed by atoms with Gasteiger partial charge in [0.15, 0.2) is 0 Å². The Hall–Kier alpha value is -0.210. The van der Waals surface area contributed by atoms with Gasteiger partial charge in [0.2, 0.25) is 0 Å². The number of piperidine rings is 1. The van der Waals surface area contributed by atoms with Gasteiger partial charge in [-0.15, -0.1) is 0 Å². The first-order valence-corrected chi connectivity index (χ1v) is 9.56. The normalized spacial score (nSPS) is 29.0. The van der Waals surface area contributed by atoms with Crippen LogP contribution in [-0.4, -0.2) is 57.7 Å². The molecule has 0 saturated carbocycles. The van der Waals surface area contributed by atoms with Gasteiger partial charge in [-0.1, -0.05) is 6.92 Å². The zero-order chi connectivity index (χ0) is 15.3. The topological polar surface area (TPSA) is 70.7 Å². The van der Waals surface area contributed by atoms with Crippen LogP contribution in [0.2, 0.25) is 0 Å². The number of rotatable bonds is 7. The average molecular weight is 319 g/mol. The van der Waals surface area contributed by atoms with Gasteiger partial charge in [0, 0.05) is 19.7 Å². The van der Waals surface area contributed by atoms with Crippen LogP contribution in [0.25, 0.3) is 0 Å². The molecule has 2 N–H and O–H groups in total.